The highest BCUT2D eigenvalue weighted by molar-refractivity contribution is 5.75. The van der Waals surface area contributed by atoms with Crippen LogP contribution >= 0.6 is 0 Å². The first-order chi connectivity index (χ1) is 9.97. The summed E-state index contributed by atoms with van der Waals surface area (Å²) in [5, 5.41) is 11.4. The molecule has 118 valence electrons. The van der Waals surface area contributed by atoms with Crippen molar-refractivity contribution in [3.8, 4) is 0 Å². The molecule has 0 aliphatic carbocycles. The predicted octanol–water partition coefficient (Wildman–Crippen LogP) is 1.65. The third kappa shape index (κ3) is 5.47. The second-order valence-electron chi connectivity index (χ2n) is 4.68. The van der Waals surface area contributed by atoms with Crippen LogP contribution < -0.4 is 5.32 Å². The molecule has 7 nitrogen and oxygen atoms in total. The molecular weight excluding hydrogens is 276 g/mol. The van der Waals surface area contributed by atoms with Gasteiger partial charge in [-0.2, -0.15) is 0 Å². The minimum absolute atomic E-state index is 0.0976. The van der Waals surface area contributed by atoms with Gasteiger partial charge in [-0.1, -0.05) is 6.92 Å². The number of carboxylic acid groups (broad SMARTS) is 1. The maximum atomic E-state index is 12.0. The highest BCUT2D eigenvalue weighted by Crippen LogP contribution is 2.17. The second kappa shape index (κ2) is 8.31. The standard InChI is InChI=1S/C14H22N2O5/c1-4-10-5-6-12(21-10)11(9-20-3)15-14(19)16(2)8-7-13(17)18/h5-6,11H,4,7-9H2,1-3H3,(H,15,19)(H,17,18). The molecule has 0 saturated heterocycles. The average Bonchev–Trinajstić information content (AvgIpc) is 2.92. The lowest BCUT2D eigenvalue weighted by Gasteiger charge is -2.21. The maximum Gasteiger partial charge on any atom is 0.317 e. The molecule has 1 unspecified atom stereocenters. The van der Waals surface area contributed by atoms with Crippen LogP contribution in [0, 0.1) is 0 Å². The molecule has 1 heterocycles. The van der Waals surface area contributed by atoms with E-state index in [0.717, 1.165) is 12.2 Å². The van der Waals surface area contributed by atoms with Crippen molar-refractivity contribution < 1.29 is 23.8 Å². The van der Waals surface area contributed by atoms with Crippen molar-refractivity contribution in [1.29, 1.82) is 0 Å². The summed E-state index contributed by atoms with van der Waals surface area (Å²) in [6.07, 6.45) is 0.672. The van der Waals surface area contributed by atoms with E-state index >= 15 is 0 Å². The summed E-state index contributed by atoms with van der Waals surface area (Å²) < 4.78 is 10.7. The van der Waals surface area contributed by atoms with Crippen LogP contribution in [-0.4, -0.2) is 49.3 Å². The Kier molecular flexibility index (Phi) is 6.74. The number of nitrogens with zero attached hydrogens (tertiary/aromatic N) is 1. The SMILES string of the molecule is CCc1ccc(C(COC)NC(=O)N(C)CCC(=O)O)o1. The van der Waals surface area contributed by atoms with E-state index < -0.39 is 12.0 Å². The van der Waals surface area contributed by atoms with Crippen LogP contribution in [-0.2, 0) is 16.0 Å². The molecule has 0 aliphatic heterocycles. The van der Waals surface area contributed by atoms with Gasteiger partial charge in [0.05, 0.1) is 13.0 Å². The number of carboxylic acids is 1. The molecule has 0 saturated carbocycles. The molecule has 0 aliphatic rings. The molecule has 1 atom stereocenters. The van der Waals surface area contributed by atoms with E-state index in [1.165, 1.54) is 12.0 Å². The summed E-state index contributed by atoms with van der Waals surface area (Å²) in [7, 11) is 3.08. The molecule has 1 aromatic heterocycles. The van der Waals surface area contributed by atoms with Crippen molar-refractivity contribution in [2.24, 2.45) is 0 Å². The molecule has 0 fully saturated rings. The van der Waals surface area contributed by atoms with Gasteiger partial charge in [0.25, 0.3) is 0 Å². The number of aryl methyl sites for hydroxylation is 1. The van der Waals surface area contributed by atoms with Crippen molar-refractivity contribution >= 4 is 12.0 Å². The number of nitrogens with one attached hydrogen (secondary N) is 1. The predicted molar refractivity (Wildman–Crippen MR) is 76.1 cm³/mol. The zero-order chi connectivity index (χ0) is 15.8. The molecule has 7 heteroatoms. The molecule has 21 heavy (non-hydrogen) atoms. The van der Waals surface area contributed by atoms with E-state index in [0.29, 0.717) is 5.76 Å². The Labute approximate surface area is 123 Å². The minimum atomic E-state index is -0.943. The quantitative estimate of drug-likeness (QED) is 0.761. The Bertz CT molecular complexity index is 472. The number of methoxy groups -OCH3 is 1. The summed E-state index contributed by atoms with van der Waals surface area (Å²) in [6.45, 7) is 2.39. The number of carbonyl (C=O) groups excluding carboxylic acids is 1. The number of ether oxygens (including phenoxy) is 1. The van der Waals surface area contributed by atoms with Gasteiger partial charge in [-0.05, 0) is 12.1 Å². The summed E-state index contributed by atoms with van der Waals surface area (Å²) in [6, 6.07) is 2.89. The van der Waals surface area contributed by atoms with Gasteiger partial charge in [0, 0.05) is 27.1 Å². The molecular formula is C14H22N2O5. The molecule has 1 aromatic rings. The molecule has 0 bridgehead atoms. The van der Waals surface area contributed by atoms with E-state index in [-0.39, 0.29) is 25.6 Å². The number of amides is 2. The van der Waals surface area contributed by atoms with Crippen LogP contribution in [0.3, 0.4) is 0 Å². The Morgan fingerprint density at radius 3 is 2.71 bits per heavy atom. The Morgan fingerprint density at radius 2 is 2.19 bits per heavy atom. The lowest BCUT2D eigenvalue weighted by molar-refractivity contribution is -0.137. The van der Waals surface area contributed by atoms with E-state index in [9.17, 15) is 9.59 Å². The number of aliphatic carboxylic acids is 1. The van der Waals surface area contributed by atoms with Crippen molar-refractivity contribution in [2.75, 3.05) is 27.3 Å². The van der Waals surface area contributed by atoms with E-state index in [1.54, 1.807) is 13.1 Å². The monoisotopic (exact) mass is 298 g/mol. The number of furan rings is 1. The van der Waals surface area contributed by atoms with Crippen LogP contribution in [0.4, 0.5) is 4.79 Å². The number of carbonyl (C=O) groups is 2. The number of urea groups is 1. The summed E-state index contributed by atoms with van der Waals surface area (Å²) >= 11 is 0. The van der Waals surface area contributed by atoms with Crippen molar-refractivity contribution in [2.45, 2.75) is 25.8 Å². The van der Waals surface area contributed by atoms with Gasteiger partial charge in [-0.25, -0.2) is 4.79 Å². The Hall–Kier alpha value is -2.02. The average molecular weight is 298 g/mol. The van der Waals surface area contributed by atoms with Gasteiger partial charge >= 0.3 is 12.0 Å². The van der Waals surface area contributed by atoms with Gasteiger partial charge in [-0.15, -0.1) is 0 Å². The van der Waals surface area contributed by atoms with Crippen LogP contribution in [0.1, 0.15) is 30.9 Å². The Morgan fingerprint density at radius 1 is 1.48 bits per heavy atom. The highest BCUT2D eigenvalue weighted by atomic mass is 16.5. The fourth-order valence-electron chi connectivity index (χ4n) is 1.76. The zero-order valence-corrected chi connectivity index (χ0v) is 12.6. The molecule has 1 rings (SSSR count). The minimum Gasteiger partial charge on any atom is -0.481 e. The third-order valence-electron chi connectivity index (χ3n) is 3.01. The molecule has 0 aromatic carbocycles. The van der Waals surface area contributed by atoms with Gasteiger partial charge in [0.15, 0.2) is 0 Å². The second-order valence-corrected chi connectivity index (χ2v) is 4.68. The van der Waals surface area contributed by atoms with Gasteiger partial charge in [-0.3, -0.25) is 4.79 Å². The highest BCUT2D eigenvalue weighted by Gasteiger charge is 2.20. The molecule has 2 amide bonds. The van der Waals surface area contributed by atoms with E-state index in [1.807, 2.05) is 13.0 Å². The largest absolute Gasteiger partial charge is 0.481 e. The molecule has 0 spiro atoms. The maximum absolute atomic E-state index is 12.0. The lowest BCUT2D eigenvalue weighted by atomic mass is 10.2. The van der Waals surface area contributed by atoms with E-state index in [4.69, 9.17) is 14.3 Å². The summed E-state index contributed by atoms with van der Waals surface area (Å²) in [5.41, 5.74) is 0. The van der Waals surface area contributed by atoms with Crippen LogP contribution in [0.25, 0.3) is 0 Å². The van der Waals surface area contributed by atoms with E-state index in [2.05, 4.69) is 5.32 Å². The summed E-state index contributed by atoms with van der Waals surface area (Å²) in [5.74, 6) is 0.509. The third-order valence-corrected chi connectivity index (χ3v) is 3.01. The van der Waals surface area contributed by atoms with Crippen molar-refractivity contribution in [3.05, 3.63) is 23.7 Å². The summed E-state index contributed by atoms with van der Waals surface area (Å²) in [4.78, 5) is 23.8. The van der Waals surface area contributed by atoms with Crippen LogP contribution in [0.15, 0.2) is 16.5 Å². The van der Waals surface area contributed by atoms with Crippen molar-refractivity contribution in [1.82, 2.24) is 10.2 Å². The fourth-order valence-corrected chi connectivity index (χ4v) is 1.76. The van der Waals surface area contributed by atoms with Gasteiger partial charge < -0.3 is 24.5 Å². The first-order valence-corrected chi connectivity index (χ1v) is 6.78. The van der Waals surface area contributed by atoms with Gasteiger partial charge in [0.1, 0.15) is 17.6 Å². The number of rotatable bonds is 8. The van der Waals surface area contributed by atoms with Crippen LogP contribution in [0.5, 0.6) is 0 Å². The first kappa shape index (κ1) is 17.0. The first-order valence-electron chi connectivity index (χ1n) is 6.78. The molecule has 2 N–H and O–H groups in total. The Balaban J connectivity index is 2.64. The number of hydrogen-bond acceptors (Lipinski definition) is 4. The zero-order valence-electron chi connectivity index (χ0n) is 12.6. The number of hydrogen-bond donors (Lipinski definition) is 2. The van der Waals surface area contributed by atoms with Gasteiger partial charge in [0.2, 0.25) is 0 Å². The smallest absolute Gasteiger partial charge is 0.317 e. The fraction of sp³-hybridized carbons (Fsp3) is 0.571. The normalized spacial score (nSPS) is 12.0. The topological polar surface area (TPSA) is 92.0 Å². The van der Waals surface area contributed by atoms with Crippen LogP contribution in [0.2, 0.25) is 0 Å². The lowest BCUT2D eigenvalue weighted by Crippen LogP contribution is -2.41. The van der Waals surface area contributed by atoms with Crippen molar-refractivity contribution in [3.63, 3.8) is 0 Å². The molecule has 0 radical (unpaired) electrons.